The molecule has 0 amide bonds. The van der Waals surface area contributed by atoms with Crippen LogP contribution >= 0.6 is 0 Å². The van der Waals surface area contributed by atoms with Crippen molar-refractivity contribution in [3.63, 3.8) is 0 Å². The largest absolute Gasteiger partial charge is 0.416 e. The number of halogens is 3. The standard InChI is InChI=1S/C17H19F3N4/c18-17(19,20)13-3-1-2-12(8-13)14-10-23-16(24-14)7-6-15(21)22-9-11-4-5-11/h1-3,6-8,10-11,22-24H,4-5,9,21H2/b15-6+,16-7-. The van der Waals surface area contributed by atoms with E-state index in [0.29, 0.717) is 22.9 Å². The number of hydrogen-bond acceptors (Lipinski definition) is 4. The fourth-order valence-corrected chi connectivity index (χ4v) is 2.29. The molecule has 0 atom stereocenters. The van der Waals surface area contributed by atoms with Gasteiger partial charge in [-0.15, -0.1) is 0 Å². The Hall–Kier alpha value is -2.57. The normalized spacial score (nSPS) is 19.7. The summed E-state index contributed by atoms with van der Waals surface area (Å²) in [7, 11) is 0. The van der Waals surface area contributed by atoms with Crippen LogP contribution in [0.2, 0.25) is 0 Å². The second-order valence-electron chi connectivity index (χ2n) is 5.93. The van der Waals surface area contributed by atoms with Gasteiger partial charge in [-0.2, -0.15) is 13.2 Å². The van der Waals surface area contributed by atoms with Crippen LogP contribution in [-0.2, 0) is 6.18 Å². The average Bonchev–Trinajstić information content (AvgIpc) is 3.26. The van der Waals surface area contributed by atoms with E-state index in [4.69, 9.17) is 5.73 Å². The van der Waals surface area contributed by atoms with E-state index >= 15 is 0 Å². The van der Waals surface area contributed by atoms with Gasteiger partial charge in [0.1, 0.15) is 5.82 Å². The first kappa shape index (κ1) is 16.3. The molecule has 4 nitrogen and oxygen atoms in total. The smallest absolute Gasteiger partial charge is 0.386 e. The van der Waals surface area contributed by atoms with Crippen LogP contribution < -0.4 is 21.7 Å². The Morgan fingerprint density at radius 1 is 1.33 bits per heavy atom. The maximum Gasteiger partial charge on any atom is 0.416 e. The molecule has 7 heteroatoms. The molecule has 0 saturated heterocycles. The van der Waals surface area contributed by atoms with Crippen LogP contribution in [0.25, 0.3) is 5.70 Å². The van der Waals surface area contributed by atoms with Gasteiger partial charge < -0.3 is 21.7 Å². The Bertz CT molecular complexity index is 700. The van der Waals surface area contributed by atoms with Gasteiger partial charge >= 0.3 is 6.18 Å². The molecule has 1 aromatic rings. The highest BCUT2D eigenvalue weighted by Gasteiger charge is 2.30. The number of rotatable bonds is 5. The molecule has 1 aliphatic heterocycles. The Balaban J connectivity index is 1.62. The molecule has 1 aliphatic carbocycles. The molecular weight excluding hydrogens is 317 g/mol. The van der Waals surface area contributed by atoms with Crippen LogP contribution in [0.4, 0.5) is 13.2 Å². The third kappa shape index (κ3) is 4.24. The third-order valence-electron chi connectivity index (χ3n) is 3.86. The van der Waals surface area contributed by atoms with Crippen molar-refractivity contribution in [1.82, 2.24) is 16.0 Å². The van der Waals surface area contributed by atoms with Crippen LogP contribution in [0.1, 0.15) is 24.0 Å². The molecule has 0 spiro atoms. The van der Waals surface area contributed by atoms with Crippen molar-refractivity contribution in [3.8, 4) is 0 Å². The summed E-state index contributed by atoms with van der Waals surface area (Å²) in [6.45, 7) is 0.875. The molecule has 0 bridgehead atoms. The summed E-state index contributed by atoms with van der Waals surface area (Å²) < 4.78 is 38.3. The lowest BCUT2D eigenvalue weighted by molar-refractivity contribution is -0.137. The second-order valence-corrected chi connectivity index (χ2v) is 5.93. The van der Waals surface area contributed by atoms with Crippen molar-refractivity contribution in [2.24, 2.45) is 11.7 Å². The van der Waals surface area contributed by atoms with Crippen molar-refractivity contribution in [1.29, 1.82) is 0 Å². The van der Waals surface area contributed by atoms with Crippen LogP contribution in [0.5, 0.6) is 0 Å². The predicted molar refractivity (Wildman–Crippen MR) is 86.8 cm³/mol. The van der Waals surface area contributed by atoms with E-state index in [-0.39, 0.29) is 0 Å². The van der Waals surface area contributed by atoms with Gasteiger partial charge in [0.05, 0.1) is 17.1 Å². The lowest BCUT2D eigenvalue weighted by Crippen LogP contribution is -2.22. The van der Waals surface area contributed by atoms with Gasteiger partial charge in [0, 0.05) is 18.3 Å². The molecular formula is C17H19F3N4. The molecule has 1 saturated carbocycles. The van der Waals surface area contributed by atoms with Gasteiger partial charge in [0.15, 0.2) is 0 Å². The predicted octanol–water partition coefficient (Wildman–Crippen LogP) is 2.84. The minimum Gasteiger partial charge on any atom is -0.386 e. The van der Waals surface area contributed by atoms with Crippen molar-refractivity contribution in [2.45, 2.75) is 19.0 Å². The van der Waals surface area contributed by atoms with E-state index in [9.17, 15) is 13.2 Å². The van der Waals surface area contributed by atoms with Gasteiger partial charge in [-0.1, -0.05) is 12.1 Å². The zero-order valence-electron chi connectivity index (χ0n) is 13.0. The lowest BCUT2D eigenvalue weighted by atomic mass is 10.1. The summed E-state index contributed by atoms with van der Waals surface area (Å²) in [5.74, 6) is 1.94. The van der Waals surface area contributed by atoms with E-state index in [1.54, 1.807) is 24.4 Å². The number of alkyl halides is 3. The zero-order chi connectivity index (χ0) is 17.2. The average molecular weight is 336 g/mol. The topological polar surface area (TPSA) is 62.1 Å². The van der Waals surface area contributed by atoms with E-state index in [0.717, 1.165) is 24.6 Å². The number of benzene rings is 1. The highest BCUT2D eigenvalue weighted by atomic mass is 19.4. The first-order valence-electron chi connectivity index (χ1n) is 7.74. The van der Waals surface area contributed by atoms with Crippen LogP contribution in [0.3, 0.4) is 0 Å². The van der Waals surface area contributed by atoms with Gasteiger partial charge in [-0.25, -0.2) is 0 Å². The SMILES string of the molecule is N/C(=C\C=C1\NC=C(c2cccc(C(F)(F)F)c2)N1)NCC1CC1. The van der Waals surface area contributed by atoms with E-state index < -0.39 is 11.7 Å². The molecule has 128 valence electrons. The molecule has 24 heavy (non-hydrogen) atoms. The lowest BCUT2D eigenvalue weighted by Gasteiger charge is -2.09. The Kier molecular flexibility index (Phi) is 4.42. The monoisotopic (exact) mass is 336 g/mol. The highest BCUT2D eigenvalue weighted by molar-refractivity contribution is 5.68. The Labute approximate surface area is 138 Å². The van der Waals surface area contributed by atoms with Crippen molar-refractivity contribution in [2.75, 3.05) is 6.54 Å². The minimum absolute atomic E-state index is 0.463. The summed E-state index contributed by atoms with van der Waals surface area (Å²) in [6.07, 6.45) is 3.23. The summed E-state index contributed by atoms with van der Waals surface area (Å²) in [5, 5.41) is 9.14. The molecule has 5 N–H and O–H groups in total. The summed E-state index contributed by atoms with van der Waals surface area (Å²) in [5.41, 5.74) is 6.21. The van der Waals surface area contributed by atoms with Gasteiger partial charge in [0.25, 0.3) is 0 Å². The molecule has 0 unspecified atom stereocenters. The van der Waals surface area contributed by atoms with Crippen LogP contribution in [-0.4, -0.2) is 6.54 Å². The molecule has 0 radical (unpaired) electrons. The minimum atomic E-state index is -4.36. The Morgan fingerprint density at radius 2 is 2.12 bits per heavy atom. The number of nitrogens with two attached hydrogens (primary N) is 1. The zero-order valence-corrected chi connectivity index (χ0v) is 13.0. The van der Waals surface area contributed by atoms with Crippen molar-refractivity contribution < 1.29 is 13.2 Å². The molecule has 2 aliphatic rings. The second kappa shape index (κ2) is 6.51. The first-order chi connectivity index (χ1) is 11.4. The van der Waals surface area contributed by atoms with Gasteiger partial charge in [-0.3, -0.25) is 0 Å². The first-order valence-corrected chi connectivity index (χ1v) is 7.74. The van der Waals surface area contributed by atoms with Crippen molar-refractivity contribution >= 4 is 5.70 Å². The molecule has 1 aromatic carbocycles. The summed E-state index contributed by atoms with van der Waals surface area (Å²) in [4.78, 5) is 0. The van der Waals surface area contributed by atoms with Gasteiger partial charge in [0.2, 0.25) is 0 Å². The fourth-order valence-electron chi connectivity index (χ4n) is 2.29. The molecule has 3 rings (SSSR count). The molecule has 0 aromatic heterocycles. The van der Waals surface area contributed by atoms with Crippen molar-refractivity contribution in [3.05, 3.63) is 65.4 Å². The number of allylic oxidation sites excluding steroid dienone is 2. The number of hydrogen-bond donors (Lipinski definition) is 4. The van der Waals surface area contributed by atoms with Gasteiger partial charge in [-0.05, 0) is 43.0 Å². The quantitative estimate of drug-likeness (QED) is 0.668. The highest BCUT2D eigenvalue weighted by Crippen LogP contribution is 2.31. The third-order valence-corrected chi connectivity index (χ3v) is 3.86. The molecule has 1 heterocycles. The maximum absolute atomic E-state index is 12.8. The summed E-state index contributed by atoms with van der Waals surface area (Å²) >= 11 is 0. The van der Waals surface area contributed by atoms with Crippen LogP contribution in [0, 0.1) is 5.92 Å². The van der Waals surface area contributed by atoms with E-state index in [2.05, 4.69) is 16.0 Å². The Morgan fingerprint density at radius 3 is 2.83 bits per heavy atom. The number of nitrogens with one attached hydrogen (secondary N) is 3. The maximum atomic E-state index is 12.8. The van der Waals surface area contributed by atoms with Crippen LogP contribution in [0.15, 0.2) is 54.3 Å². The fraction of sp³-hybridized carbons (Fsp3) is 0.294. The molecule has 1 fully saturated rings. The van der Waals surface area contributed by atoms with E-state index in [1.165, 1.54) is 18.9 Å². The van der Waals surface area contributed by atoms with E-state index in [1.807, 2.05) is 0 Å². The summed E-state index contributed by atoms with van der Waals surface area (Å²) in [6, 6.07) is 5.19.